The maximum absolute atomic E-state index is 13.1. The summed E-state index contributed by atoms with van der Waals surface area (Å²) in [7, 11) is -3.61. The second-order valence-electron chi connectivity index (χ2n) is 7.63. The zero-order valence-corrected chi connectivity index (χ0v) is 16.8. The van der Waals surface area contributed by atoms with E-state index in [1.54, 1.807) is 21.3 Å². The van der Waals surface area contributed by atoms with Gasteiger partial charge in [-0.25, -0.2) is 8.42 Å². The fraction of sp³-hybridized carbons (Fsp3) is 0.600. The number of sulfonamides is 1. The largest absolute Gasteiger partial charge is 0.339 e. The predicted molar refractivity (Wildman–Crippen MR) is 103 cm³/mol. The first-order chi connectivity index (χ1) is 12.8. The van der Waals surface area contributed by atoms with Crippen LogP contribution in [0, 0.1) is 24.2 Å². The van der Waals surface area contributed by atoms with Gasteiger partial charge < -0.3 is 4.90 Å². The molecule has 27 heavy (non-hydrogen) atoms. The van der Waals surface area contributed by atoms with E-state index in [9.17, 15) is 13.2 Å². The molecular weight excluding hydrogens is 362 g/mol. The minimum absolute atomic E-state index is 0.00227. The Morgan fingerprint density at radius 3 is 2.48 bits per heavy atom. The van der Waals surface area contributed by atoms with E-state index in [-0.39, 0.29) is 22.8 Å². The first-order valence-electron chi connectivity index (χ1n) is 9.66. The summed E-state index contributed by atoms with van der Waals surface area (Å²) in [5, 5.41) is 9.02. The third-order valence-electron chi connectivity index (χ3n) is 5.75. The van der Waals surface area contributed by atoms with E-state index >= 15 is 0 Å². The van der Waals surface area contributed by atoms with Gasteiger partial charge in [-0.15, -0.1) is 0 Å². The van der Waals surface area contributed by atoms with Gasteiger partial charge in [0.05, 0.1) is 11.0 Å². The Hall–Kier alpha value is -1.91. The summed E-state index contributed by atoms with van der Waals surface area (Å²) in [6, 6.07) is 7.10. The van der Waals surface area contributed by atoms with Crippen molar-refractivity contribution in [1.82, 2.24) is 9.21 Å². The summed E-state index contributed by atoms with van der Waals surface area (Å²) >= 11 is 0. The van der Waals surface area contributed by atoms with Gasteiger partial charge in [-0.1, -0.05) is 12.5 Å². The van der Waals surface area contributed by atoms with Gasteiger partial charge >= 0.3 is 0 Å². The highest BCUT2D eigenvalue weighted by atomic mass is 32.2. The number of rotatable bonds is 3. The van der Waals surface area contributed by atoms with Gasteiger partial charge in [-0.3, -0.25) is 4.79 Å². The molecule has 2 fully saturated rings. The van der Waals surface area contributed by atoms with Gasteiger partial charge in [0.2, 0.25) is 10.0 Å². The molecule has 3 rings (SSSR count). The van der Waals surface area contributed by atoms with Gasteiger partial charge in [-0.05, 0) is 57.2 Å². The number of hydrogen-bond donors (Lipinski definition) is 0. The molecule has 0 aromatic heterocycles. The number of piperidine rings is 2. The van der Waals surface area contributed by atoms with Crippen molar-refractivity contribution in [3.63, 3.8) is 0 Å². The molecule has 1 unspecified atom stereocenters. The highest BCUT2D eigenvalue weighted by Gasteiger charge is 2.32. The molecule has 6 nitrogen and oxygen atoms in total. The molecule has 0 radical (unpaired) electrons. The number of amides is 1. The second kappa shape index (κ2) is 7.99. The zero-order valence-electron chi connectivity index (χ0n) is 16.0. The normalized spacial score (nSPS) is 22.4. The number of carbonyl (C=O) groups excluding carboxylic acids is 1. The van der Waals surface area contributed by atoms with Crippen LogP contribution in [0.5, 0.6) is 0 Å². The fourth-order valence-corrected chi connectivity index (χ4v) is 5.66. The highest BCUT2D eigenvalue weighted by Crippen LogP contribution is 2.27. The Balaban J connectivity index is 1.86. The van der Waals surface area contributed by atoms with Crippen LogP contribution >= 0.6 is 0 Å². The van der Waals surface area contributed by atoms with E-state index in [0.717, 1.165) is 24.8 Å². The van der Waals surface area contributed by atoms with Crippen LogP contribution in [-0.4, -0.2) is 49.2 Å². The molecular formula is C20H27N3O3S. The molecule has 2 saturated heterocycles. The van der Waals surface area contributed by atoms with Crippen molar-refractivity contribution in [3.8, 4) is 6.07 Å². The first kappa shape index (κ1) is 19.8. The number of hydrogen-bond acceptors (Lipinski definition) is 4. The third-order valence-corrected chi connectivity index (χ3v) is 7.76. The molecule has 2 aliphatic rings. The second-order valence-corrected chi connectivity index (χ2v) is 9.52. The molecule has 1 amide bonds. The van der Waals surface area contributed by atoms with Crippen LogP contribution in [0.3, 0.4) is 0 Å². The highest BCUT2D eigenvalue weighted by molar-refractivity contribution is 7.89. The molecule has 0 saturated carbocycles. The molecule has 0 aliphatic carbocycles. The van der Waals surface area contributed by atoms with Crippen LogP contribution in [0.4, 0.5) is 0 Å². The minimum atomic E-state index is -3.61. The molecule has 0 N–H and O–H groups in total. The molecule has 146 valence electrons. The van der Waals surface area contributed by atoms with Gasteiger partial charge in [0.15, 0.2) is 0 Å². The van der Waals surface area contributed by atoms with E-state index in [0.29, 0.717) is 38.0 Å². The number of benzene rings is 1. The maximum atomic E-state index is 13.1. The lowest BCUT2D eigenvalue weighted by Gasteiger charge is -2.32. The Labute approximate surface area is 161 Å². The van der Waals surface area contributed by atoms with Crippen LogP contribution in [0.15, 0.2) is 23.1 Å². The lowest BCUT2D eigenvalue weighted by molar-refractivity contribution is 0.0706. The number of carbonyl (C=O) groups is 1. The van der Waals surface area contributed by atoms with Crippen molar-refractivity contribution >= 4 is 15.9 Å². The van der Waals surface area contributed by atoms with Crippen molar-refractivity contribution < 1.29 is 13.2 Å². The smallest absolute Gasteiger partial charge is 0.254 e. The van der Waals surface area contributed by atoms with E-state index in [1.165, 1.54) is 6.07 Å². The van der Waals surface area contributed by atoms with Crippen LogP contribution in [0.2, 0.25) is 0 Å². The van der Waals surface area contributed by atoms with Crippen LogP contribution in [0.25, 0.3) is 0 Å². The molecule has 7 heteroatoms. The molecule has 0 bridgehead atoms. The number of nitrogens with zero attached hydrogens (tertiary/aromatic N) is 3. The van der Waals surface area contributed by atoms with Crippen LogP contribution < -0.4 is 0 Å². The third kappa shape index (κ3) is 4.02. The quantitative estimate of drug-likeness (QED) is 0.796. The Morgan fingerprint density at radius 1 is 1.15 bits per heavy atom. The van der Waals surface area contributed by atoms with Gasteiger partial charge in [0.1, 0.15) is 0 Å². The van der Waals surface area contributed by atoms with Crippen molar-refractivity contribution in [2.45, 2.75) is 56.9 Å². The van der Waals surface area contributed by atoms with E-state index in [4.69, 9.17) is 5.26 Å². The number of nitriles is 1. The van der Waals surface area contributed by atoms with E-state index in [1.807, 2.05) is 13.8 Å². The van der Waals surface area contributed by atoms with Crippen molar-refractivity contribution in [2.24, 2.45) is 5.92 Å². The molecule has 1 aromatic rings. The molecule has 2 heterocycles. The Bertz CT molecular complexity index is 852. The lowest BCUT2D eigenvalue weighted by Crippen LogP contribution is -2.42. The monoisotopic (exact) mass is 389 g/mol. The standard InChI is InChI=1S/C20H27N3O3S/c1-15-6-7-18(27(25,26)23-10-4-3-5-16(23)2)13-19(15)20(24)22-11-8-17(14-21)9-12-22/h6-7,13,16-17H,3-5,8-12H2,1-2H3. The fourth-order valence-electron chi connectivity index (χ4n) is 3.94. The first-order valence-corrected chi connectivity index (χ1v) is 11.1. The van der Waals surface area contributed by atoms with Gasteiger partial charge in [0.25, 0.3) is 5.91 Å². The number of aryl methyl sites for hydroxylation is 1. The average Bonchev–Trinajstić information content (AvgIpc) is 2.68. The summed E-state index contributed by atoms with van der Waals surface area (Å²) in [5.74, 6) is -0.143. The summed E-state index contributed by atoms with van der Waals surface area (Å²) < 4.78 is 27.8. The Morgan fingerprint density at radius 2 is 1.85 bits per heavy atom. The maximum Gasteiger partial charge on any atom is 0.254 e. The van der Waals surface area contributed by atoms with Gasteiger partial charge in [0, 0.05) is 37.2 Å². The summed E-state index contributed by atoms with van der Waals surface area (Å²) in [4.78, 5) is 14.9. The van der Waals surface area contributed by atoms with Crippen molar-refractivity contribution in [3.05, 3.63) is 29.3 Å². The van der Waals surface area contributed by atoms with Crippen molar-refractivity contribution in [1.29, 1.82) is 5.26 Å². The van der Waals surface area contributed by atoms with E-state index in [2.05, 4.69) is 6.07 Å². The summed E-state index contributed by atoms with van der Waals surface area (Å²) in [5.41, 5.74) is 1.21. The molecule has 1 aromatic carbocycles. The summed E-state index contributed by atoms with van der Waals surface area (Å²) in [6.07, 6.45) is 4.12. The topological polar surface area (TPSA) is 81.5 Å². The number of likely N-dealkylation sites (tertiary alicyclic amines) is 1. The molecule has 0 spiro atoms. The SMILES string of the molecule is Cc1ccc(S(=O)(=O)N2CCCCC2C)cc1C(=O)N1CCC(C#N)CC1. The Kier molecular flexibility index (Phi) is 5.87. The molecule has 1 atom stereocenters. The lowest BCUT2D eigenvalue weighted by atomic mass is 9.97. The minimum Gasteiger partial charge on any atom is -0.339 e. The van der Waals surface area contributed by atoms with E-state index < -0.39 is 10.0 Å². The van der Waals surface area contributed by atoms with Crippen LogP contribution in [-0.2, 0) is 10.0 Å². The summed E-state index contributed by atoms with van der Waals surface area (Å²) in [6.45, 7) is 5.38. The van der Waals surface area contributed by atoms with Crippen molar-refractivity contribution in [2.75, 3.05) is 19.6 Å². The predicted octanol–water partition coefficient (Wildman–Crippen LogP) is 2.93. The van der Waals surface area contributed by atoms with Crippen LogP contribution in [0.1, 0.15) is 54.9 Å². The average molecular weight is 390 g/mol. The zero-order chi connectivity index (χ0) is 19.6. The molecule has 2 aliphatic heterocycles. The van der Waals surface area contributed by atoms with Gasteiger partial charge in [-0.2, -0.15) is 9.57 Å².